The third kappa shape index (κ3) is 10.4. The predicted octanol–water partition coefficient (Wildman–Crippen LogP) is 1.83. The number of hydrogen-bond donors (Lipinski definition) is 2. The minimum absolute atomic E-state index is 0.0276. The van der Waals surface area contributed by atoms with Gasteiger partial charge < -0.3 is 20.1 Å². The largest absolute Gasteiger partial charge is 0.379 e. The third-order valence-corrected chi connectivity index (χ3v) is 4.66. The molecule has 0 aromatic rings. The molecule has 27 heavy (non-hydrogen) atoms. The zero-order valence-electron chi connectivity index (χ0n) is 17.2. The van der Waals surface area contributed by atoms with Crippen LogP contribution >= 0.6 is 0 Å². The standard InChI is InChI=1S/C20H36N2O5/c1-14(2)20(25)16-5-7-17(8-6-16)22-19(24)13-21-18(23)9-10-26-11-12-27-15(3)4/h14-17H,5-13H2,1-4H3,(H,21,23)(H,22,24). The lowest BCUT2D eigenvalue weighted by Gasteiger charge is -2.29. The van der Waals surface area contributed by atoms with E-state index in [-0.39, 0.29) is 48.8 Å². The molecule has 0 bridgehead atoms. The smallest absolute Gasteiger partial charge is 0.239 e. The van der Waals surface area contributed by atoms with Crippen molar-refractivity contribution in [1.29, 1.82) is 0 Å². The van der Waals surface area contributed by atoms with Gasteiger partial charge in [0.2, 0.25) is 11.8 Å². The Morgan fingerprint density at radius 3 is 2.19 bits per heavy atom. The highest BCUT2D eigenvalue weighted by atomic mass is 16.5. The number of hydrogen-bond acceptors (Lipinski definition) is 5. The maximum Gasteiger partial charge on any atom is 0.239 e. The number of amides is 2. The zero-order chi connectivity index (χ0) is 20.2. The molecule has 2 amide bonds. The van der Waals surface area contributed by atoms with Crippen LogP contribution in [0, 0.1) is 11.8 Å². The fourth-order valence-corrected chi connectivity index (χ4v) is 3.15. The van der Waals surface area contributed by atoms with Gasteiger partial charge in [0, 0.05) is 24.3 Å². The zero-order valence-corrected chi connectivity index (χ0v) is 17.2. The molecule has 0 spiro atoms. The molecular weight excluding hydrogens is 348 g/mol. The van der Waals surface area contributed by atoms with Crippen LogP contribution in [0.3, 0.4) is 0 Å². The predicted molar refractivity (Wildman–Crippen MR) is 103 cm³/mol. The Hall–Kier alpha value is -1.47. The Kier molecular flexibility index (Phi) is 11.2. The number of nitrogens with one attached hydrogen (secondary N) is 2. The van der Waals surface area contributed by atoms with E-state index in [0.717, 1.165) is 25.7 Å². The van der Waals surface area contributed by atoms with E-state index in [9.17, 15) is 14.4 Å². The van der Waals surface area contributed by atoms with Gasteiger partial charge in [0.25, 0.3) is 0 Å². The van der Waals surface area contributed by atoms with Crippen LogP contribution < -0.4 is 10.6 Å². The molecule has 0 aromatic carbocycles. The van der Waals surface area contributed by atoms with Crippen LogP contribution in [-0.2, 0) is 23.9 Å². The van der Waals surface area contributed by atoms with E-state index in [0.29, 0.717) is 25.6 Å². The van der Waals surface area contributed by atoms with Crippen LogP contribution in [0.1, 0.15) is 59.8 Å². The topological polar surface area (TPSA) is 93.7 Å². The average molecular weight is 385 g/mol. The van der Waals surface area contributed by atoms with Gasteiger partial charge in [-0.1, -0.05) is 13.8 Å². The number of rotatable bonds is 12. The lowest BCUT2D eigenvalue weighted by Crippen LogP contribution is -2.44. The number of ketones is 1. The monoisotopic (exact) mass is 384 g/mol. The molecule has 0 atom stereocenters. The van der Waals surface area contributed by atoms with Gasteiger partial charge in [0.15, 0.2) is 0 Å². The molecule has 0 radical (unpaired) electrons. The molecule has 1 rings (SSSR count). The number of ether oxygens (including phenoxy) is 2. The van der Waals surface area contributed by atoms with E-state index in [4.69, 9.17) is 9.47 Å². The summed E-state index contributed by atoms with van der Waals surface area (Å²) in [5, 5.41) is 5.55. The Morgan fingerprint density at radius 1 is 0.926 bits per heavy atom. The van der Waals surface area contributed by atoms with E-state index >= 15 is 0 Å². The molecule has 0 heterocycles. The van der Waals surface area contributed by atoms with Gasteiger partial charge in [-0.05, 0) is 39.5 Å². The SMILES string of the molecule is CC(C)OCCOCCC(=O)NCC(=O)NC1CCC(C(=O)C(C)C)CC1. The summed E-state index contributed by atoms with van der Waals surface area (Å²) in [6.45, 7) is 9.01. The summed E-state index contributed by atoms with van der Waals surface area (Å²) >= 11 is 0. The Labute approximate surface area is 162 Å². The van der Waals surface area contributed by atoms with Gasteiger partial charge in [-0.3, -0.25) is 14.4 Å². The van der Waals surface area contributed by atoms with Crippen molar-refractivity contribution in [2.45, 2.75) is 71.9 Å². The molecular formula is C20H36N2O5. The highest BCUT2D eigenvalue weighted by Crippen LogP contribution is 2.27. The van der Waals surface area contributed by atoms with Crippen LogP contribution in [0.25, 0.3) is 0 Å². The van der Waals surface area contributed by atoms with Crippen molar-refractivity contribution in [3.63, 3.8) is 0 Å². The molecule has 1 saturated carbocycles. The first kappa shape index (κ1) is 23.6. The second-order valence-electron chi connectivity index (χ2n) is 7.73. The Balaban J connectivity index is 2.08. The van der Waals surface area contributed by atoms with Gasteiger partial charge >= 0.3 is 0 Å². The van der Waals surface area contributed by atoms with Crippen molar-refractivity contribution < 1.29 is 23.9 Å². The maximum absolute atomic E-state index is 12.0. The molecule has 0 aliphatic heterocycles. The fraction of sp³-hybridized carbons (Fsp3) is 0.850. The molecule has 156 valence electrons. The van der Waals surface area contributed by atoms with Crippen LogP contribution in [0.4, 0.5) is 0 Å². The Morgan fingerprint density at radius 2 is 1.59 bits per heavy atom. The van der Waals surface area contributed by atoms with Gasteiger partial charge in [0.1, 0.15) is 5.78 Å². The molecule has 7 nitrogen and oxygen atoms in total. The number of carbonyl (C=O) groups is 3. The van der Waals surface area contributed by atoms with Gasteiger partial charge in [-0.15, -0.1) is 0 Å². The first-order valence-corrected chi connectivity index (χ1v) is 10.1. The molecule has 0 saturated heterocycles. The van der Waals surface area contributed by atoms with Gasteiger partial charge in [0.05, 0.1) is 32.5 Å². The molecule has 1 aliphatic rings. The average Bonchev–Trinajstić information content (AvgIpc) is 2.62. The van der Waals surface area contributed by atoms with Crippen LogP contribution in [0.2, 0.25) is 0 Å². The molecule has 7 heteroatoms. The van der Waals surface area contributed by atoms with E-state index in [1.807, 2.05) is 27.7 Å². The lowest BCUT2D eigenvalue weighted by molar-refractivity contribution is -0.128. The van der Waals surface area contributed by atoms with Crippen LogP contribution in [0.15, 0.2) is 0 Å². The molecule has 0 unspecified atom stereocenters. The summed E-state index contributed by atoms with van der Waals surface area (Å²) in [5.41, 5.74) is 0. The first-order chi connectivity index (χ1) is 12.8. The van der Waals surface area contributed by atoms with Crippen molar-refractivity contribution in [1.82, 2.24) is 10.6 Å². The first-order valence-electron chi connectivity index (χ1n) is 10.1. The van der Waals surface area contributed by atoms with E-state index in [1.165, 1.54) is 0 Å². The highest BCUT2D eigenvalue weighted by Gasteiger charge is 2.28. The Bertz CT molecular complexity index is 471. The number of Topliss-reactive ketones (excluding diaryl/α,β-unsaturated/α-hetero) is 1. The second-order valence-corrected chi connectivity index (χ2v) is 7.73. The normalized spacial score (nSPS) is 19.9. The van der Waals surface area contributed by atoms with Crippen LogP contribution in [0.5, 0.6) is 0 Å². The lowest BCUT2D eigenvalue weighted by atomic mass is 9.80. The minimum atomic E-state index is -0.207. The van der Waals surface area contributed by atoms with Crippen LogP contribution in [-0.4, -0.2) is 56.1 Å². The van der Waals surface area contributed by atoms with E-state index < -0.39 is 0 Å². The van der Waals surface area contributed by atoms with Crippen molar-refractivity contribution >= 4 is 17.6 Å². The number of carbonyl (C=O) groups excluding carboxylic acids is 3. The summed E-state index contributed by atoms with van der Waals surface area (Å²) in [6.07, 6.45) is 3.67. The summed E-state index contributed by atoms with van der Waals surface area (Å²) in [5.74, 6) is 0.131. The molecule has 1 fully saturated rings. The van der Waals surface area contributed by atoms with Gasteiger partial charge in [-0.25, -0.2) is 0 Å². The van der Waals surface area contributed by atoms with Crippen molar-refractivity contribution in [3.05, 3.63) is 0 Å². The minimum Gasteiger partial charge on any atom is -0.379 e. The van der Waals surface area contributed by atoms with Crippen molar-refractivity contribution in [2.75, 3.05) is 26.4 Å². The summed E-state index contributed by atoms with van der Waals surface area (Å²) < 4.78 is 10.6. The third-order valence-electron chi connectivity index (χ3n) is 4.66. The summed E-state index contributed by atoms with van der Waals surface area (Å²) in [7, 11) is 0. The quantitative estimate of drug-likeness (QED) is 0.501. The maximum atomic E-state index is 12.0. The van der Waals surface area contributed by atoms with Crippen molar-refractivity contribution in [2.24, 2.45) is 11.8 Å². The molecule has 1 aliphatic carbocycles. The van der Waals surface area contributed by atoms with Crippen molar-refractivity contribution in [3.8, 4) is 0 Å². The van der Waals surface area contributed by atoms with E-state index in [1.54, 1.807) is 0 Å². The molecule has 0 aromatic heterocycles. The fourth-order valence-electron chi connectivity index (χ4n) is 3.15. The second kappa shape index (κ2) is 12.8. The van der Waals surface area contributed by atoms with E-state index in [2.05, 4.69) is 10.6 Å². The highest BCUT2D eigenvalue weighted by molar-refractivity contribution is 5.85. The summed E-state index contributed by atoms with van der Waals surface area (Å²) in [6, 6.07) is 0.0925. The summed E-state index contributed by atoms with van der Waals surface area (Å²) in [4.78, 5) is 35.7. The molecule has 2 N–H and O–H groups in total. The van der Waals surface area contributed by atoms with Gasteiger partial charge in [-0.2, -0.15) is 0 Å².